The van der Waals surface area contributed by atoms with Crippen LogP contribution in [0.1, 0.15) is 19.8 Å². The molecule has 0 aliphatic carbocycles. The van der Waals surface area contributed by atoms with Gasteiger partial charge in [-0.2, -0.15) is 0 Å². The molecule has 0 bridgehead atoms. The Morgan fingerprint density at radius 3 is 3.18 bits per heavy atom. The topological polar surface area (TPSA) is 62.3 Å². The molecule has 2 aliphatic rings. The highest BCUT2D eigenvalue weighted by Crippen LogP contribution is 2.37. The molecule has 1 saturated heterocycles. The number of anilines is 1. The molecule has 1 N–H and O–H groups in total. The van der Waals surface area contributed by atoms with Gasteiger partial charge in [0.15, 0.2) is 0 Å². The van der Waals surface area contributed by atoms with E-state index in [0.717, 1.165) is 19.4 Å². The molecule has 6 heteroatoms. The Morgan fingerprint density at radius 1 is 1.53 bits per heavy atom. The van der Waals surface area contributed by atoms with Crippen LogP contribution >= 0.6 is 0 Å². The highest BCUT2D eigenvalue weighted by molar-refractivity contribution is 7.89. The average Bonchev–Trinajstić information content (AvgIpc) is 2.66. The van der Waals surface area contributed by atoms with Crippen molar-refractivity contribution >= 4 is 15.8 Å². The molecule has 0 spiro atoms. The first-order valence-corrected chi connectivity index (χ1v) is 7.24. The molecule has 5 nitrogen and oxygen atoms in total. The zero-order valence-electron chi connectivity index (χ0n) is 9.68. The fraction of sp³-hybridized carbons (Fsp3) is 0.545. The Kier molecular flexibility index (Phi) is 2.21. The van der Waals surface area contributed by atoms with Crippen LogP contribution < -0.4 is 9.62 Å². The first-order valence-electron chi connectivity index (χ1n) is 5.75. The average molecular weight is 253 g/mol. The third-order valence-corrected chi connectivity index (χ3v) is 5.11. The second-order valence-electron chi connectivity index (χ2n) is 4.90. The van der Waals surface area contributed by atoms with Crippen LogP contribution in [0, 0.1) is 0 Å². The van der Waals surface area contributed by atoms with Gasteiger partial charge in [0.2, 0.25) is 10.0 Å². The molecule has 0 radical (unpaired) electrons. The van der Waals surface area contributed by atoms with Crippen LogP contribution in [0.25, 0.3) is 0 Å². The van der Waals surface area contributed by atoms with Crippen molar-refractivity contribution < 1.29 is 8.42 Å². The first kappa shape index (κ1) is 11.0. The van der Waals surface area contributed by atoms with Crippen LogP contribution in [0.5, 0.6) is 0 Å². The van der Waals surface area contributed by atoms with E-state index in [-0.39, 0.29) is 5.54 Å². The molecule has 17 heavy (non-hydrogen) atoms. The highest BCUT2D eigenvalue weighted by atomic mass is 32.2. The Labute approximate surface area is 101 Å². The van der Waals surface area contributed by atoms with E-state index >= 15 is 0 Å². The van der Waals surface area contributed by atoms with Gasteiger partial charge in [-0.3, -0.25) is 0 Å². The van der Waals surface area contributed by atoms with Crippen molar-refractivity contribution in [2.24, 2.45) is 0 Å². The van der Waals surface area contributed by atoms with E-state index in [1.165, 1.54) is 0 Å². The third kappa shape index (κ3) is 1.55. The van der Waals surface area contributed by atoms with E-state index in [2.05, 4.69) is 21.5 Å². The molecule has 0 aromatic carbocycles. The van der Waals surface area contributed by atoms with Gasteiger partial charge in [0, 0.05) is 19.3 Å². The van der Waals surface area contributed by atoms with Gasteiger partial charge >= 0.3 is 0 Å². The molecule has 0 saturated carbocycles. The van der Waals surface area contributed by atoms with Gasteiger partial charge < -0.3 is 4.90 Å². The van der Waals surface area contributed by atoms with E-state index in [1.807, 2.05) is 0 Å². The monoisotopic (exact) mass is 253 g/mol. The van der Waals surface area contributed by atoms with Gasteiger partial charge in [-0.15, -0.1) is 0 Å². The predicted molar refractivity (Wildman–Crippen MR) is 64.4 cm³/mol. The smallest absolute Gasteiger partial charge is 0.244 e. The molecular weight excluding hydrogens is 238 g/mol. The first-order chi connectivity index (χ1) is 8.03. The lowest BCUT2D eigenvalue weighted by Gasteiger charge is -2.34. The highest BCUT2D eigenvalue weighted by Gasteiger charge is 2.43. The Morgan fingerprint density at radius 2 is 2.35 bits per heavy atom. The van der Waals surface area contributed by atoms with Gasteiger partial charge in [-0.1, -0.05) is 0 Å². The number of nitrogens with one attached hydrogen (secondary N) is 1. The van der Waals surface area contributed by atoms with Gasteiger partial charge in [0.25, 0.3) is 0 Å². The molecule has 1 unspecified atom stereocenters. The molecule has 3 rings (SSSR count). The summed E-state index contributed by atoms with van der Waals surface area (Å²) in [4.78, 5) is 6.69. The van der Waals surface area contributed by atoms with Crippen molar-refractivity contribution in [3.8, 4) is 0 Å². The molecule has 2 aliphatic heterocycles. The number of pyridine rings is 1. The summed E-state index contributed by atoms with van der Waals surface area (Å²) in [6.07, 6.45) is 3.72. The Hall–Kier alpha value is -1.14. The maximum Gasteiger partial charge on any atom is 0.244 e. The van der Waals surface area contributed by atoms with Gasteiger partial charge in [-0.05, 0) is 31.9 Å². The van der Waals surface area contributed by atoms with E-state index in [9.17, 15) is 8.42 Å². The summed E-state index contributed by atoms with van der Waals surface area (Å²) in [5.74, 6) is 0.595. The molecular formula is C11H15N3O2S. The molecule has 0 amide bonds. The lowest BCUT2D eigenvalue weighted by atomic mass is 9.99. The normalized spacial score (nSPS) is 30.5. The van der Waals surface area contributed by atoms with Crippen molar-refractivity contribution in [2.45, 2.75) is 30.2 Å². The van der Waals surface area contributed by atoms with Crippen LogP contribution in [0.4, 0.5) is 5.82 Å². The third-order valence-electron chi connectivity index (χ3n) is 3.69. The molecule has 1 fully saturated rings. The number of hydrogen-bond donors (Lipinski definition) is 1. The fourth-order valence-corrected chi connectivity index (χ4v) is 4.01. The lowest BCUT2D eigenvalue weighted by Crippen LogP contribution is -2.47. The minimum atomic E-state index is -3.41. The largest absolute Gasteiger partial charge is 0.349 e. The summed E-state index contributed by atoms with van der Waals surface area (Å²) < 4.78 is 26.9. The number of nitrogens with zero attached hydrogens (tertiary/aromatic N) is 2. The Bertz CT molecular complexity index is 558. The van der Waals surface area contributed by atoms with E-state index in [0.29, 0.717) is 17.3 Å². The SMILES string of the molecule is CC12CCCN1c1ncccc1S(=O)(=O)NC2. The van der Waals surface area contributed by atoms with Crippen molar-refractivity contribution in [1.82, 2.24) is 9.71 Å². The maximum atomic E-state index is 12.1. The second-order valence-corrected chi connectivity index (χ2v) is 6.64. The van der Waals surface area contributed by atoms with Crippen LogP contribution in [-0.4, -0.2) is 32.0 Å². The van der Waals surface area contributed by atoms with Gasteiger partial charge in [0.05, 0.1) is 5.54 Å². The summed E-state index contributed by atoms with van der Waals surface area (Å²) in [6.45, 7) is 3.41. The van der Waals surface area contributed by atoms with Crippen molar-refractivity contribution in [3.63, 3.8) is 0 Å². The zero-order chi connectivity index (χ0) is 12.1. The fourth-order valence-electron chi connectivity index (χ4n) is 2.69. The van der Waals surface area contributed by atoms with Crippen LogP contribution in [0.15, 0.2) is 23.2 Å². The van der Waals surface area contributed by atoms with E-state index in [1.54, 1.807) is 18.3 Å². The maximum absolute atomic E-state index is 12.1. The number of rotatable bonds is 0. The van der Waals surface area contributed by atoms with E-state index in [4.69, 9.17) is 0 Å². The predicted octanol–water partition coefficient (Wildman–Crippen LogP) is 0.732. The Balaban J connectivity index is 2.24. The summed E-state index contributed by atoms with van der Waals surface area (Å²) in [5, 5.41) is 0. The lowest BCUT2D eigenvalue weighted by molar-refractivity contribution is 0.460. The number of hydrogen-bond acceptors (Lipinski definition) is 4. The number of sulfonamides is 1. The second kappa shape index (κ2) is 3.43. The molecule has 3 heterocycles. The minimum Gasteiger partial charge on any atom is -0.349 e. The standard InChI is InChI=1S/C11H15N3O2S/c1-11-5-3-7-14(11)10-9(4-2-6-12-10)17(15,16)13-8-11/h2,4,6,13H,3,5,7-8H2,1H3. The molecule has 1 aromatic rings. The number of aromatic nitrogens is 1. The molecule has 92 valence electrons. The minimum absolute atomic E-state index is 0.146. The summed E-state index contributed by atoms with van der Waals surface area (Å²) in [6, 6.07) is 3.28. The van der Waals surface area contributed by atoms with Crippen molar-refractivity contribution in [2.75, 3.05) is 18.0 Å². The van der Waals surface area contributed by atoms with Gasteiger partial charge in [0.1, 0.15) is 10.7 Å². The van der Waals surface area contributed by atoms with E-state index < -0.39 is 10.0 Å². The van der Waals surface area contributed by atoms with Crippen molar-refractivity contribution in [1.29, 1.82) is 0 Å². The summed E-state index contributed by atoms with van der Waals surface area (Å²) in [7, 11) is -3.41. The quantitative estimate of drug-likeness (QED) is 0.740. The zero-order valence-corrected chi connectivity index (χ0v) is 10.5. The molecule has 1 atom stereocenters. The summed E-state index contributed by atoms with van der Waals surface area (Å²) in [5.41, 5.74) is -0.146. The van der Waals surface area contributed by atoms with Crippen molar-refractivity contribution in [3.05, 3.63) is 18.3 Å². The summed E-state index contributed by atoms with van der Waals surface area (Å²) >= 11 is 0. The van der Waals surface area contributed by atoms with Crippen LogP contribution in [0.2, 0.25) is 0 Å². The van der Waals surface area contributed by atoms with Crippen LogP contribution in [-0.2, 0) is 10.0 Å². The number of fused-ring (bicyclic) bond motifs is 3. The van der Waals surface area contributed by atoms with Crippen LogP contribution in [0.3, 0.4) is 0 Å². The van der Waals surface area contributed by atoms with Gasteiger partial charge in [-0.25, -0.2) is 18.1 Å². The molecule has 1 aromatic heterocycles.